The molecule has 0 spiro atoms. The zero-order valence-electron chi connectivity index (χ0n) is 16.3. The third kappa shape index (κ3) is 4.15. The largest absolute Gasteiger partial charge is 0.447 e. The summed E-state index contributed by atoms with van der Waals surface area (Å²) in [5.41, 5.74) is 1.04. The lowest BCUT2D eigenvalue weighted by atomic mass is 9.93. The maximum absolute atomic E-state index is 12.3. The zero-order valence-corrected chi connectivity index (χ0v) is 16.3. The third-order valence-electron chi connectivity index (χ3n) is 5.38. The van der Waals surface area contributed by atoms with Gasteiger partial charge in [0.05, 0.1) is 12.6 Å². The fourth-order valence-electron chi connectivity index (χ4n) is 3.77. The van der Waals surface area contributed by atoms with E-state index in [1.807, 2.05) is 13.0 Å². The number of hydrogen-bond acceptors (Lipinski definition) is 6. The van der Waals surface area contributed by atoms with Crippen LogP contribution in [0.25, 0.3) is 0 Å². The number of anilines is 1. The van der Waals surface area contributed by atoms with E-state index in [9.17, 15) is 4.79 Å². The third-order valence-corrected chi connectivity index (χ3v) is 5.38. The average Bonchev–Trinajstić information content (AvgIpc) is 3.02. The van der Waals surface area contributed by atoms with Crippen molar-refractivity contribution in [2.45, 2.75) is 45.6 Å². The molecule has 1 aromatic rings. The van der Waals surface area contributed by atoms with Crippen LogP contribution in [0.15, 0.2) is 6.07 Å². The maximum atomic E-state index is 12.3. The summed E-state index contributed by atoms with van der Waals surface area (Å²) in [5.74, 6) is 2.10. The highest BCUT2D eigenvalue weighted by atomic mass is 16.6. The highest BCUT2D eigenvalue weighted by molar-refractivity contribution is 5.89. The van der Waals surface area contributed by atoms with Crippen LogP contribution in [0.1, 0.15) is 44.1 Å². The van der Waals surface area contributed by atoms with Crippen LogP contribution < -0.4 is 4.90 Å². The minimum atomic E-state index is -0.304. The lowest BCUT2D eigenvalue weighted by Crippen LogP contribution is -2.38. The van der Waals surface area contributed by atoms with Crippen molar-refractivity contribution in [1.82, 2.24) is 14.9 Å². The Morgan fingerprint density at radius 2 is 2.04 bits per heavy atom. The van der Waals surface area contributed by atoms with Gasteiger partial charge in [0.25, 0.3) is 0 Å². The van der Waals surface area contributed by atoms with Crippen molar-refractivity contribution in [3.8, 4) is 0 Å². The van der Waals surface area contributed by atoms with Gasteiger partial charge in [-0.2, -0.15) is 0 Å². The van der Waals surface area contributed by atoms with Gasteiger partial charge in [-0.15, -0.1) is 0 Å². The number of hydrogen-bond donors (Lipinski definition) is 0. The topological polar surface area (TPSA) is 67.8 Å². The van der Waals surface area contributed by atoms with E-state index in [0.717, 1.165) is 44.8 Å². The summed E-state index contributed by atoms with van der Waals surface area (Å²) >= 11 is 0. The van der Waals surface area contributed by atoms with Gasteiger partial charge < -0.3 is 14.4 Å². The van der Waals surface area contributed by atoms with Gasteiger partial charge in [0, 0.05) is 31.3 Å². The number of nitrogens with zero attached hydrogens (tertiary/aromatic N) is 4. The van der Waals surface area contributed by atoms with Crippen LogP contribution in [0.5, 0.6) is 0 Å². The minimum absolute atomic E-state index is 0.0283. The molecular weight excluding hydrogens is 332 g/mol. The molecule has 1 amide bonds. The molecule has 144 valence electrons. The normalized spacial score (nSPS) is 22.3. The van der Waals surface area contributed by atoms with E-state index in [4.69, 9.17) is 9.47 Å². The second-order valence-corrected chi connectivity index (χ2v) is 7.57. The monoisotopic (exact) mass is 362 g/mol. The van der Waals surface area contributed by atoms with Crippen LogP contribution in [-0.2, 0) is 9.47 Å². The van der Waals surface area contributed by atoms with Crippen LogP contribution in [0, 0.1) is 12.8 Å². The molecule has 2 aliphatic rings. The van der Waals surface area contributed by atoms with Crippen molar-refractivity contribution in [1.29, 1.82) is 0 Å². The predicted molar refractivity (Wildman–Crippen MR) is 99.5 cm³/mol. The first kappa shape index (κ1) is 19.0. The molecule has 1 aromatic heterocycles. The first-order chi connectivity index (χ1) is 12.5. The Balaban J connectivity index is 1.75. The molecule has 7 heteroatoms. The fraction of sp³-hybridized carbons (Fsp3) is 0.737. The van der Waals surface area contributed by atoms with E-state index >= 15 is 0 Å². The summed E-state index contributed by atoms with van der Waals surface area (Å²) in [6, 6.07) is 2.02. The molecule has 0 N–H and O–H groups in total. The Bertz CT molecular complexity index is 629. The van der Waals surface area contributed by atoms with Crippen molar-refractivity contribution in [3.63, 3.8) is 0 Å². The standard InChI is InChI=1S/C19H30N4O3/c1-13(2)17-12-26-19(24)23(17)18-11-16(20-14(3)21-18)15-5-7-22(8-6-15)9-10-25-4/h11,13,15,17H,5-10,12H2,1-4H3. The number of amides is 1. The quantitative estimate of drug-likeness (QED) is 0.775. The van der Waals surface area contributed by atoms with Crippen LogP contribution in [0.4, 0.5) is 10.6 Å². The molecule has 0 bridgehead atoms. The van der Waals surface area contributed by atoms with Gasteiger partial charge in [0.15, 0.2) is 0 Å². The molecule has 0 saturated carbocycles. The van der Waals surface area contributed by atoms with E-state index in [-0.39, 0.29) is 12.1 Å². The molecule has 2 aliphatic heterocycles. The van der Waals surface area contributed by atoms with Gasteiger partial charge in [0.2, 0.25) is 0 Å². The highest BCUT2D eigenvalue weighted by Crippen LogP contribution is 2.31. The Morgan fingerprint density at radius 3 is 2.69 bits per heavy atom. The molecular formula is C19H30N4O3. The maximum Gasteiger partial charge on any atom is 0.415 e. The lowest BCUT2D eigenvalue weighted by molar-refractivity contribution is 0.130. The van der Waals surface area contributed by atoms with E-state index in [0.29, 0.717) is 30.1 Å². The van der Waals surface area contributed by atoms with Crippen LogP contribution in [0.3, 0.4) is 0 Å². The number of likely N-dealkylation sites (tertiary alicyclic amines) is 1. The number of aryl methyl sites for hydroxylation is 1. The van der Waals surface area contributed by atoms with Crippen molar-refractivity contribution >= 4 is 11.9 Å². The number of methoxy groups -OCH3 is 1. The van der Waals surface area contributed by atoms with Crippen LogP contribution >= 0.6 is 0 Å². The molecule has 2 saturated heterocycles. The molecule has 2 fully saturated rings. The number of aromatic nitrogens is 2. The Hall–Kier alpha value is -1.73. The summed E-state index contributed by atoms with van der Waals surface area (Å²) in [5, 5.41) is 0. The number of piperidine rings is 1. The second kappa shape index (κ2) is 8.31. The number of rotatable bonds is 6. The van der Waals surface area contributed by atoms with Gasteiger partial charge >= 0.3 is 6.09 Å². The van der Waals surface area contributed by atoms with Crippen LogP contribution in [-0.4, -0.2) is 67.0 Å². The van der Waals surface area contributed by atoms with E-state index in [1.54, 1.807) is 12.0 Å². The van der Waals surface area contributed by atoms with E-state index in [2.05, 4.69) is 28.7 Å². The Kier molecular flexibility index (Phi) is 6.09. The van der Waals surface area contributed by atoms with Crippen LogP contribution in [0.2, 0.25) is 0 Å². The Labute approximate surface area is 155 Å². The number of carbonyl (C=O) groups excluding carboxylic acids is 1. The molecule has 3 rings (SSSR count). The molecule has 0 radical (unpaired) electrons. The van der Waals surface area contributed by atoms with Crippen molar-refractivity contribution in [2.75, 3.05) is 44.9 Å². The predicted octanol–water partition coefficient (Wildman–Crippen LogP) is 2.59. The Morgan fingerprint density at radius 1 is 1.31 bits per heavy atom. The average molecular weight is 362 g/mol. The number of cyclic esters (lactones) is 1. The first-order valence-corrected chi connectivity index (χ1v) is 9.52. The zero-order chi connectivity index (χ0) is 18.7. The fourth-order valence-corrected chi connectivity index (χ4v) is 3.77. The van der Waals surface area contributed by atoms with Gasteiger partial charge in [-0.1, -0.05) is 13.8 Å². The molecule has 7 nitrogen and oxygen atoms in total. The minimum Gasteiger partial charge on any atom is -0.447 e. The van der Waals surface area contributed by atoms with Gasteiger partial charge in [-0.25, -0.2) is 14.8 Å². The number of carbonyl (C=O) groups is 1. The molecule has 26 heavy (non-hydrogen) atoms. The molecule has 0 aromatic carbocycles. The van der Waals surface area contributed by atoms with E-state index in [1.165, 1.54) is 0 Å². The summed E-state index contributed by atoms with van der Waals surface area (Å²) in [4.78, 5) is 25.6. The highest BCUT2D eigenvalue weighted by Gasteiger charge is 2.37. The van der Waals surface area contributed by atoms with Crippen molar-refractivity contribution < 1.29 is 14.3 Å². The van der Waals surface area contributed by atoms with Gasteiger partial charge in [-0.05, 0) is 38.8 Å². The van der Waals surface area contributed by atoms with Crippen molar-refractivity contribution in [2.24, 2.45) is 5.92 Å². The van der Waals surface area contributed by atoms with E-state index < -0.39 is 0 Å². The van der Waals surface area contributed by atoms with Gasteiger partial charge in [0.1, 0.15) is 18.2 Å². The second-order valence-electron chi connectivity index (χ2n) is 7.57. The smallest absolute Gasteiger partial charge is 0.415 e. The molecule has 1 unspecified atom stereocenters. The molecule has 3 heterocycles. The number of ether oxygens (including phenoxy) is 2. The summed E-state index contributed by atoms with van der Waals surface area (Å²) in [6.07, 6.45) is 1.83. The first-order valence-electron chi connectivity index (χ1n) is 9.52. The van der Waals surface area contributed by atoms with Crippen molar-refractivity contribution in [3.05, 3.63) is 17.6 Å². The van der Waals surface area contributed by atoms with Gasteiger partial charge in [-0.3, -0.25) is 4.90 Å². The molecule has 1 atom stereocenters. The summed E-state index contributed by atoms with van der Waals surface area (Å²) in [6.45, 7) is 10.4. The molecule has 0 aliphatic carbocycles. The lowest BCUT2D eigenvalue weighted by Gasteiger charge is -2.32. The SMILES string of the molecule is COCCN1CCC(c2cc(N3C(=O)OCC3C(C)C)nc(C)n2)CC1. The summed E-state index contributed by atoms with van der Waals surface area (Å²) in [7, 11) is 1.74. The summed E-state index contributed by atoms with van der Waals surface area (Å²) < 4.78 is 10.5.